The van der Waals surface area contributed by atoms with Gasteiger partial charge in [0.25, 0.3) is 0 Å². The van der Waals surface area contributed by atoms with Crippen LogP contribution >= 0.6 is 0 Å². The molecule has 2 rings (SSSR count). The van der Waals surface area contributed by atoms with E-state index < -0.39 is 5.79 Å². The van der Waals surface area contributed by atoms with E-state index in [-0.39, 0.29) is 11.2 Å². The SMILES string of the molecule is C=CC(=O)CC[C@@]1(C)CCCCC12OCCO2. The van der Waals surface area contributed by atoms with Gasteiger partial charge in [-0.05, 0) is 25.3 Å². The quantitative estimate of drug-likeness (QED) is 0.706. The first kappa shape index (κ1) is 12.8. The van der Waals surface area contributed by atoms with Gasteiger partial charge in [-0.15, -0.1) is 0 Å². The normalized spacial score (nSPS) is 31.6. The van der Waals surface area contributed by atoms with Crippen LogP contribution in [-0.2, 0) is 14.3 Å². The third kappa shape index (κ3) is 2.31. The molecule has 2 aliphatic rings. The standard InChI is InChI=1S/C14H22O3/c1-3-12(15)6-9-13(2)7-4-5-8-14(13)16-10-11-17-14/h3H,1,4-11H2,2H3/t13-/m1/s1. The number of carbonyl (C=O) groups excluding carboxylic acids is 1. The smallest absolute Gasteiger partial charge is 0.173 e. The summed E-state index contributed by atoms with van der Waals surface area (Å²) >= 11 is 0. The highest BCUT2D eigenvalue weighted by molar-refractivity contribution is 5.88. The van der Waals surface area contributed by atoms with Crippen LogP contribution in [0.1, 0.15) is 45.4 Å². The van der Waals surface area contributed by atoms with Crippen LogP contribution in [0, 0.1) is 5.41 Å². The van der Waals surface area contributed by atoms with Crippen LogP contribution in [0.5, 0.6) is 0 Å². The van der Waals surface area contributed by atoms with Crippen LogP contribution in [0.15, 0.2) is 12.7 Å². The van der Waals surface area contributed by atoms with Crippen LogP contribution in [0.4, 0.5) is 0 Å². The van der Waals surface area contributed by atoms with Crippen molar-refractivity contribution in [1.82, 2.24) is 0 Å². The van der Waals surface area contributed by atoms with Gasteiger partial charge in [-0.1, -0.05) is 19.9 Å². The molecule has 1 aliphatic heterocycles. The molecule has 1 aliphatic carbocycles. The first-order valence-corrected chi connectivity index (χ1v) is 6.55. The molecule has 1 atom stereocenters. The number of ketones is 1. The second kappa shape index (κ2) is 4.91. The Morgan fingerprint density at radius 2 is 1.94 bits per heavy atom. The molecule has 17 heavy (non-hydrogen) atoms. The number of hydrogen-bond donors (Lipinski definition) is 0. The summed E-state index contributed by atoms with van der Waals surface area (Å²) in [6.45, 7) is 7.10. The molecule has 1 heterocycles. The molecule has 1 saturated heterocycles. The van der Waals surface area contributed by atoms with Crippen molar-refractivity contribution in [3.63, 3.8) is 0 Å². The highest BCUT2D eigenvalue weighted by atomic mass is 16.7. The molecule has 1 saturated carbocycles. The minimum Gasteiger partial charge on any atom is -0.347 e. The van der Waals surface area contributed by atoms with E-state index >= 15 is 0 Å². The molecule has 0 N–H and O–H groups in total. The number of rotatable bonds is 4. The van der Waals surface area contributed by atoms with E-state index in [1.54, 1.807) is 0 Å². The largest absolute Gasteiger partial charge is 0.347 e. The van der Waals surface area contributed by atoms with Crippen molar-refractivity contribution < 1.29 is 14.3 Å². The van der Waals surface area contributed by atoms with Gasteiger partial charge < -0.3 is 9.47 Å². The molecule has 0 bridgehead atoms. The lowest BCUT2D eigenvalue weighted by Crippen LogP contribution is -2.50. The monoisotopic (exact) mass is 238 g/mol. The van der Waals surface area contributed by atoms with Gasteiger partial charge in [0.1, 0.15) is 0 Å². The lowest BCUT2D eigenvalue weighted by Gasteiger charge is -2.48. The summed E-state index contributed by atoms with van der Waals surface area (Å²) < 4.78 is 11.8. The van der Waals surface area contributed by atoms with E-state index in [0.29, 0.717) is 19.6 Å². The Morgan fingerprint density at radius 1 is 1.29 bits per heavy atom. The Hall–Kier alpha value is -0.670. The zero-order valence-corrected chi connectivity index (χ0v) is 10.7. The van der Waals surface area contributed by atoms with Crippen molar-refractivity contribution in [1.29, 1.82) is 0 Å². The first-order chi connectivity index (χ1) is 8.12. The molecule has 0 aromatic heterocycles. The summed E-state index contributed by atoms with van der Waals surface area (Å²) in [5.41, 5.74) is -0.0274. The van der Waals surface area contributed by atoms with Crippen LogP contribution in [0.2, 0.25) is 0 Å². The predicted octanol–water partition coefficient (Wildman–Crippen LogP) is 2.85. The lowest BCUT2D eigenvalue weighted by molar-refractivity contribution is -0.252. The van der Waals surface area contributed by atoms with E-state index in [2.05, 4.69) is 13.5 Å². The zero-order chi connectivity index (χ0) is 12.4. The van der Waals surface area contributed by atoms with E-state index in [0.717, 1.165) is 25.7 Å². The van der Waals surface area contributed by atoms with Crippen LogP contribution in [0.3, 0.4) is 0 Å². The fourth-order valence-corrected chi connectivity index (χ4v) is 3.13. The second-order valence-electron chi connectivity index (χ2n) is 5.39. The second-order valence-corrected chi connectivity index (χ2v) is 5.39. The van der Waals surface area contributed by atoms with Gasteiger partial charge in [-0.3, -0.25) is 4.79 Å². The van der Waals surface area contributed by atoms with Gasteiger partial charge in [-0.2, -0.15) is 0 Å². The molecule has 0 radical (unpaired) electrons. The van der Waals surface area contributed by atoms with Gasteiger partial charge >= 0.3 is 0 Å². The van der Waals surface area contributed by atoms with Crippen LogP contribution in [0.25, 0.3) is 0 Å². The molecule has 0 amide bonds. The first-order valence-electron chi connectivity index (χ1n) is 6.55. The van der Waals surface area contributed by atoms with E-state index in [4.69, 9.17) is 9.47 Å². The Bertz CT molecular complexity index is 305. The van der Waals surface area contributed by atoms with Gasteiger partial charge in [0, 0.05) is 18.3 Å². The van der Waals surface area contributed by atoms with E-state index in [9.17, 15) is 4.79 Å². The lowest BCUT2D eigenvalue weighted by atomic mass is 9.67. The minimum absolute atomic E-state index is 0.0274. The highest BCUT2D eigenvalue weighted by Gasteiger charge is 2.53. The van der Waals surface area contributed by atoms with Gasteiger partial charge in [-0.25, -0.2) is 0 Å². The molecule has 0 unspecified atom stereocenters. The maximum absolute atomic E-state index is 11.4. The van der Waals surface area contributed by atoms with Gasteiger partial charge in [0.05, 0.1) is 13.2 Å². The third-order valence-electron chi connectivity index (χ3n) is 4.31. The van der Waals surface area contributed by atoms with Crippen molar-refractivity contribution in [2.75, 3.05) is 13.2 Å². The number of hydrogen-bond acceptors (Lipinski definition) is 3. The average molecular weight is 238 g/mol. The van der Waals surface area contributed by atoms with Crippen molar-refractivity contribution in [2.45, 2.75) is 51.2 Å². The van der Waals surface area contributed by atoms with Crippen molar-refractivity contribution in [3.8, 4) is 0 Å². The summed E-state index contributed by atoms with van der Waals surface area (Å²) in [6.07, 6.45) is 7.20. The molecular weight excluding hydrogens is 216 g/mol. The van der Waals surface area contributed by atoms with E-state index in [1.807, 2.05) is 0 Å². The maximum Gasteiger partial charge on any atom is 0.173 e. The Kier molecular flexibility index (Phi) is 3.69. The molecule has 3 nitrogen and oxygen atoms in total. The molecule has 2 fully saturated rings. The van der Waals surface area contributed by atoms with Crippen molar-refractivity contribution in [3.05, 3.63) is 12.7 Å². The Labute approximate surface area is 103 Å². The summed E-state index contributed by atoms with van der Waals surface area (Å²) in [5, 5.41) is 0. The van der Waals surface area contributed by atoms with Crippen LogP contribution < -0.4 is 0 Å². The Morgan fingerprint density at radius 3 is 2.59 bits per heavy atom. The zero-order valence-electron chi connectivity index (χ0n) is 10.7. The fraction of sp³-hybridized carbons (Fsp3) is 0.786. The predicted molar refractivity (Wildman–Crippen MR) is 65.6 cm³/mol. The summed E-state index contributed by atoms with van der Waals surface area (Å²) in [4.78, 5) is 11.4. The van der Waals surface area contributed by atoms with Gasteiger partial charge in [0.2, 0.25) is 0 Å². The van der Waals surface area contributed by atoms with Crippen molar-refractivity contribution in [2.24, 2.45) is 5.41 Å². The molecule has 96 valence electrons. The molecule has 0 aromatic carbocycles. The molecule has 3 heteroatoms. The average Bonchev–Trinajstić information content (AvgIpc) is 2.81. The van der Waals surface area contributed by atoms with Gasteiger partial charge in [0.15, 0.2) is 11.6 Å². The van der Waals surface area contributed by atoms with Crippen LogP contribution in [-0.4, -0.2) is 24.8 Å². The summed E-state index contributed by atoms with van der Waals surface area (Å²) in [7, 11) is 0. The van der Waals surface area contributed by atoms with Crippen molar-refractivity contribution >= 4 is 5.78 Å². The third-order valence-corrected chi connectivity index (χ3v) is 4.31. The maximum atomic E-state index is 11.4. The minimum atomic E-state index is -0.424. The Balaban J connectivity index is 2.08. The number of carbonyl (C=O) groups is 1. The molecular formula is C14H22O3. The summed E-state index contributed by atoms with van der Waals surface area (Å²) in [6, 6.07) is 0. The molecule has 0 aromatic rings. The number of ether oxygens (including phenoxy) is 2. The number of allylic oxidation sites excluding steroid dienone is 1. The fourth-order valence-electron chi connectivity index (χ4n) is 3.13. The molecule has 1 spiro atoms. The summed E-state index contributed by atoms with van der Waals surface area (Å²) in [5.74, 6) is -0.308. The highest BCUT2D eigenvalue weighted by Crippen LogP contribution is 2.51. The topological polar surface area (TPSA) is 35.5 Å². The van der Waals surface area contributed by atoms with E-state index in [1.165, 1.54) is 12.5 Å².